The maximum atomic E-state index is 13.4. The maximum Gasteiger partial charge on any atom is 0.244 e. The molecule has 5 heteroatoms. The minimum absolute atomic E-state index is 0.266. The molecule has 0 saturated carbocycles. The van der Waals surface area contributed by atoms with Gasteiger partial charge in [-0.15, -0.1) is 0 Å². The van der Waals surface area contributed by atoms with E-state index in [4.69, 9.17) is 5.73 Å². The monoisotopic (exact) mass is 250 g/mol. The second-order valence-electron chi connectivity index (χ2n) is 3.52. The molecule has 1 heterocycles. The van der Waals surface area contributed by atoms with E-state index in [2.05, 4.69) is 5.32 Å². The van der Waals surface area contributed by atoms with E-state index in [1.54, 1.807) is 24.3 Å². The van der Waals surface area contributed by atoms with Crippen molar-refractivity contribution in [3.05, 3.63) is 52.5 Å². The zero-order chi connectivity index (χ0) is 12.3. The average Bonchev–Trinajstić information content (AvgIpc) is 2.81. The van der Waals surface area contributed by atoms with Crippen LogP contribution in [0.4, 0.5) is 10.1 Å². The first-order valence-corrected chi connectivity index (χ1v) is 5.95. The molecule has 17 heavy (non-hydrogen) atoms. The third-order valence-electron chi connectivity index (χ3n) is 2.33. The number of benzene rings is 1. The summed E-state index contributed by atoms with van der Waals surface area (Å²) in [5, 5.41) is 6.46. The Morgan fingerprint density at radius 3 is 2.71 bits per heavy atom. The lowest BCUT2D eigenvalue weighted by atomic mass is 10.1. The number of primary amides is 1. The number of carbonyl (C=O) groups excluding carboxylic acids is 1. The molecule has 3 nitrogen and oxygen atoms in total. The van der Waals surface area contributed by atoms with E-state index in [0.717, 1.165) is 5.56 Å². The van der Waals surface area contributed by atoms with Crippen molar-refractivity contribution in [1.29, 1.82) is 0 Å². The molecule has 0 fully saturated rings. The molecule has 0 spiro atoms. The first kappa shape index (κ1) is 11.6. The van der Waals surface area contributed by atoms with Gasteiger partial charge in [0.25, 0.3) is 0 Å². The van der Waals surface area contributed by atoms with Gasteiger partial charge in [-0.05, 0) is 34.5 Å². The Bertz CT molecular complexity index is 513. The van der Waals surface area contributed by atoms with Crippen LogP contribution >= 0.6 is 11.3 Å². The van der Waals surface area contributed by atoms with E-state index in [0.29, 0.717) is 0 Å². The fraction of sp³-hybridized carbons (Fsp3) is 0.0833. The SMILES string of the molecule is NC(=O)C(Nc1ccccc1F)c1ccsc1. The Balaban J connectivity index is 2.26. The van der Waals surface area contributed by atoms with Crippen LogP contribution in [0.5, 0.6) is 0 Å². The number of hydrogen-bond acceptors (Lipinski definition) is 3. The molecule has 0 aliphatic rings. The molecule has 1 amide bonds. The Kier molecular flexibility index (Phi) is 3.39. The molecule has 0 bridgehead atoms. The molecule has 2 aromatic rings. The summed E-state index contributed by atoms with van der Waals surface area (Å²) in [6.07, 6.45) is 0. The van der Waals surface area contributed by atoms with E-state index in [1.165, 1.54) is 17.4 Å². The van der Waals surface area contributed by atoms with Crippen molar-refractivity contribution < 1.29 is 9.18 Å². The van der Waals surface area contributed by atoms with Gasteiger partial charge in [-0.1, -0.05) is 12.1 Å². The highest BCUT2D eigenvalue weighted by molar-refractivity contribution is 7.08. The van der Waals surface area contributed by atoms with Gasteiger partial charge < -0.3 is 11.1 Å². The van der Waals surface area contributed by atoms with E-state index >= 15 is 0 Å². The summed E-state index contributed by atoms with van der Waals surface area (Å²) in [5.74, 6) is -0.944. The van der Waals surface area contributed by atoms with Gasteiger partial charge in [0.15, 0.2) is 0 Å². The van der Waals surface area contributed by atoms with E-state index in [1.807, 2.05) is 10.8 Å². The van der Waals surface area contributed by atoms with Gasteiger partial charge in [0.2, 0.25) is 5.91 Å². The summed E-state index contributed by atoms with van der Waals surface area (Å²) in [6, 6.07) is 7.25. The highest BCUT2D eigenvalue weighted by Crippen LogP contribution is 2.23. The molecule has 1 unspecified atom stereocenters. The average molecular weight is 250 g/mol. The minimum Gasteiger partial charge on any atom is -0.368 e. The zero-order valence-corrected chi connectivity index (χ0v) is 9.71. The largest absolute Gasteiger partial charge is 0.368 e. The second kappa shape index (κ2) is 4.97. The van der Waals surface area contributed by atoms with Crippen molar-refractivity contribution in [2.75, 3.05) is 5.32 Å². The van der Waals surface area contributed by atoms with Crippen molar-refractivity contribution >= 4 is 22.9 Å². The fourth-order valence-electron chi connectivity index (χ4n) is 1.49. The predicted octanol–water partition coefficient (Wildman–Crippen LogP) is 2.53. The van der Waals surface area contributed by atoms with Gasteiger partial charge >= 0.3 is 0 Å². The number of para-hydroxylation sites is 1. The molecule has 1 aromatic carbocycles. The zero-order valence-electron chi connectivity index (χ0n) is 8.89. The predicted molar refractivity (Wildman–Crippen MR) is 66.3 cm³/mol. The van der Waals surface area contributed by atoms with Gasteiger partial charge in [0.05, 0.1) is 5.69 Å². The first-order chi connectivity index (χ1) is 8.18. The number of halogens is 1. The Hall–Kier alpha value is -1.88. The lowest BCUT2D eigenvalue weighted by Gasteiger charge is -2.16. The molecule has 2 rings (SSSR count). The molecule has 1 aromatic heterocycles. The standard InChI is InChI=1S/C12H11FN2OS/c13-9-3-1-2-4-10(9)15-11(12(14)16)8-5-6-17-7-8/h1-7,11,15H,(H2,14,16). The fourth-order valence-corrected chi connectivity index (χ4v) is 2.18. The summed E-state index contributed by atoms with van der Waals surface area (Å²) in [4.78, 5) is 11.4. The van der Waals surface area contributed by atoms with Crippen LogP contribution in [0.1, 0.15) is 11.6 Å². The van der Waals surface area contributed by atoms with Crippen molar-refractivity contribution in [2.24, 2.45) is 5.73 Å². The number of hydrogen-bond donors (Lipinski definition) is 2. The molecule has 88 valence electrons. The number of rotatable bonds is 4. The van der Waals surface area contributed by atoms with Crippen LogP contribution in [0.15, 0.2) is 41.1 Å². The number of carbonyl (C=O) groups is 1. The second-order valence-corrected chi connectivity index (χ2v) is 4.30. The van der Waals surface area contributed by atoms with Crippen LogP contribution in [-0.4, -0.2) is 5.91 Å². The molecular weight excluding hydrogens is 239 g/mol. The number of thiophene rings is 1. The number of anilines is 1. The smallest absolute Gasteiger partial charge is 0.244 e. The summed E-state index contributed by atoms with van der Waals surface area (Å²) in [7, 11) is 0. The molecular formula is C12H11FN2OS. The van der Waals surface area contributed by atoms with Crippen LogP contribution in [0.3, 0.4) is 0 Å². The van der Waals surface area contributed by atoms with Crippen LogP contribution in [0.2, 0.25) is 0 Å². The molecule has 1 atom stereocenters. The Morgan fingerprint density at radius 1 is 1.35 bits per heavy atom. The number of nitrogens with one attached hydrogen (secondary N) is 1. The quantitative estimate of drug-likeness (QED) is 0.876. The summed E-state index contributed by atoms with van der Waals surface area (Å²) in [5.41, 5.74) is 6.31. The third-order valence-corrected chi connectivity index (χ3v) is 3.04. The number of nitrogens with two attached hydrogens (primary N) is 1. The third kappa shape index (κ3) is 2.62. The van der Waals surface area contributed by atoms with Crippen molar-refractivity contribution in [2.45, 2.75) is 6.04 Å². The van der Waals surface area contributed by atoms with Crippen LogP contribution in [0.25, 0.3) is 0 Å². The maximum absolute atomic E-state index is 13.4. The van der Waals surface area contributed by atoms with Gasteiger partial charge in [0, 0.05) is 0 Å². The van der Waals surface area contributed by atoms with E-state index in [-0.39, 0.29) is 5.69 Å². The topological polar surface area (TPSA) is 55.1 Å². The van der Waals surface area contributed by atoms with Gasteiger partial charge in [-0.25, -0.2) is 4.39 Å². The van der Waals surface area contributed by atoms with Crippen molar-refractivity contribution in [1.82, 2.24) is 0 Å². The van der Waals surface area contributed by atoms with Crippen LogP contribution < -0.4 is 11.1 Å². The van der Waals surface area contributed by atoms with Gasteiger partial charge in [0.1, 0.15) is 11.9 Å². The molecule has 0 saturated heterocycles. The van der Waals surface area contributed by atoms with Crippen molar-refractivity contribution in [3.63, 3.8) is 0 Å². The minimum atomic E-state index is -0.710. The molecule has 3 N–H and O–H groups in total. The lowest BCUT2D eigenvalue weighted by molar-refractivity contribution is -0.118. The Morgan fingerprint density at radius 2 is 2.12 bits per heavy atom. The molecule has 0 radical (unpaired) electrons. The lowest BCUT2D eigenvalue weighted by Crippen LogP contribution is -2.27. The summed E-state index contributed by atoms with van der Waals surface area (Å²) >= 11 is 1.46. The first-order valence-electron chi connectivity index (χ1n) is 5.01. The van der Waals surface area contributed by atoms with Crippen LogP contribution in [-0.2, 0) is 4.79 Å². The van der Waals surface area contributed by atoms with Gasteiger partial charge in [-0.2, -0.15) is 11.3 Å². The van der Waals surface area contributed by atoms with E-state index < -0.39 is 17.8 Å². The summed E-state index contributed by atoms with van der Waals surface area (Å²) in [6.45, 7) is 0. The Labute approximate surface area is 102 Å². The highest BCUT2D eigenvalue weighted by atomic mass is 32.1. The van der Waals surface area contributed by atoms with Crippen LogP contribution in [0, 0.1) is 5.82 Å². The molecule has 0 aliphatic heterocycles. The van der Waals surface area contributed by atoms with Gasteiger partial charge in [-0.3, -0.25) is 4.79 Å². The highest BCUT2D eigenvalue weighted by Gasteiger charge is 2.18. The summed E-state index contributed by atoms with van der Waals surface area (Å²) < 4.78 is 13.4. The van der Waals surface area contributed by atoms with Crippen molar-refractivity contribution in [3.8, 4) is 0 Å². The normalized spacial score (nSPS) is 12.1. The number of amides is 1. The van der Waals surface area contributed by atoms with E-state index in [9.17, 15) is 9.18 Å². The molecule has 0 aliphatic carbocycles.